The van der Waals surface area contributed by atoms with Gasteiger partial charge in [0.1, 0.15) is 12.4 Å². The summed E-state index contributed by atoms with van der Waals surface area (Å²) in [6, 6.07) is 10.4. The van der Waals surface area contributed by atoms with Crippen LogP contribution < -0.4 is 4.74 Å². The molecule has 0 amide bonds. The molecule has 0 aliphatic heterocycles. The first-order valence-electron chi connectivity index (χ1n) is 8.42. The number of alkyl halides is 3. The monoisotopic (exact) mass is 378 g/mol. The summed E-state index contributed by atoms with van der Waals surface area (Å²) in [5, 5.41) is 8.83. The van der Waals surface area contributed by atoms with E-state index in [0.717, 1.165) is 17.2 Å². The van der Waals surface area contributed by atoms with Crippen molar-refractivity contribution in [2.45, 2.75) is 32.0 Å². The lowest BCUT2D eigenvalue weighted by atomic mass is 9.81. The largest absolute Gasteiger partial charge is 0.489 e. The van der Waals surface area contributed by atoms with Crippen LogP contribution in [0.2, 0.25) is 0 Å². The predicted molar refractivity (Wildman–Crippen MR) is 90.4 cm³/mol. The van der Waals surface area contributed by atoms with Crippen molar-refractivity contribution in [3.63, 3.8) is 0 Å². The summed E-state index contributed by atoms with van der Waals surface area (Å²) < 4.78 is 44.6. The molecule has 0 heterocycles. The van der Waals surface area contributed by atoms with E-state index in [1.54, 1.807) is 18.2 Å². The standard InChI is InChI=1S/C20H17F3O4/c21-20(22,23)17-4-2-1-3-15(17)11-27-16-8-7-12-9-14(18(24)19(25)26)6-5-13(12)10-16/h1-4,7-8,10,14H,5-6,9,11H2,(H,25,26). The van der Waals surface area contributed by atoms with E-state index >= 15 is 0 Å². The molecule has 142 valence electrons. The molecular weight excluding hydrogens is 361 g/mol. The first kappa shape index (κ1) is 18.9. The maximum Gasteiger partial charge on any atom is 0.416 e. The fourth-order valence-electron chi connectivity index (χ4n) is 3.30. The van der Waals surface area contributed by atoms with Crippen molar-refractivity contribution in [2.24, 2.45) is 5.92 Å². The number of carboxylic acid groups (broad SMARTS) is 1. The quantitative estimate of drug-likeness (QED) is 0.798. The van der Waals surface area contributed by atoms with Gasteiger partial charge in [0.05, 0.1) is 5.56 Å². The molecule has 2 aromatic carbocycles. The highest BCUT2D eigenvalue weighted by molar-refractivity contribution is 6.33. The van der Waals surface area contributed by atoms with Crippen LogP contribution in [-0.4, -0.2) is 16.9 Å². The van der Waals surface area contributed by atoms with Crippen molar-refractivity contribution in [1.82, 2.24) is 0 Å². The third-order valence-corrected chi connectivity index (χ3v) is 4.70. The van der Waals surface area contributed by atoms with E-state index in [1.807, 2.05) is 0 Å². The van der Waals surface area contributed by atoms with Crippen LogP contribution in [0, 0.1) is 5.92 Å². The summed E-state index contributed by atoms with van der Waals surface area (Å²) in [5.41, 5.74) is 1.11. The molecule has 0 radical (unpaired) electrons. The Morgan fingerprint density at radius 3 is 2.56 bits per heavy atom. The maximum absolute atomic E-state index is 13.0. The van der Waals surface area contributed by atoms with Gasteiger partial charge in [-0.15, -0.1) is 0 Å². The Kier molecular flexibility index (Phi) is 5.21. The van der Waals surface area contributed by atoms with Crippen molar-refractivity contribution in [3.8, 4) is 5.75 Å². The average Bonchev–Trinajstić information content (AvgIpc) is 2.64. The number of ketones is 1. The van der Waals surface area contributed by atoms with E-state index in [1.165, 1.54) is 18.2 Å². The Morgan fingerprint density at radius 1 is 1.11 bits per heavy atom. The number of carboxylic acids is 1. The van der Waals surface area contributed by atoms with Gasteiger partial charge in [-0.2, -0.15) is 13.2 Å². The highest BCUT2D eigenvalue weighted by Crippen LogP contribution is 2.33. The van der Waals surface area contributed by atoms with Gasteiger partial charge in [-0.25, -0.2) is 4.79 Å². The minimum absolute atomic E-state index is 0.0508. The zero-order valence-electron chi connectivity index (χ0n) is 14.3. The van der Waals surface area contributed by atoms with E-state index in [2.05, 4.69) is 0 Å². The second-order valence-electron chi connectivity index (χ2n) is 6.48. The Balaban J connectivity index is 1.71. The number of benzene rings is 2. The Bertz CT molecular complexity index is 874. The summed E-state index contributed by atoms with van der Waals surface area (Å²) in [4.78, 5) is 22.5. The third-order valence-electron chi connectivity index (χ3n) is 4.70. The minimum Gasteiger partial charge on any atom is -0.489 e. The molecule has 4 nitrogen and oxygen atoms in total. The summed E-state index contributed by atoms with van der Waals surface area (Å²) in [7, 11) is 0. The number of hydrogen-bond donors (Lipinski definition) is 1. The van der Waals surface area contributed by atoms with Crippen molar-refractivity contribution < 1.29 is 32.6 Å². The maximum atomic E-state index is 13.0. The van der Waals surface area contributed by atoms with Crippen LogP contribution in [0.4, 0.5) is 13.2 Å². The molecule has 1 unspecified atom stereocenters. The van der Waals surface area contributed by atoms with Gasteiger partial charge in [0.15, 0.2) is 0 Å². The molecule has 7 heteroatoms. The molecule has 1 N–H and O–H groups in total. The van der Waals surface area contributed by atoms with E-state index in [4.69, 9.17) is 9.84 Å². The number of carbonyl (C=O) groups excluding carboxylic acids is 1. The number of hydrogen-bond acceptors (Lipinski definition) is 3. The molecule has 1 atom stereocenters. The van der Waals surface area contributed by atoms with E-state index in [0.29, 0.717) is 25.0 Å². The fourth-order valence-corrected chi connectivity index (χ4v) is 3.30. The van der Waals surface area contributed by atoms with Gasteiger partial charge in [-0.3, -0.25) is 4.79 Å². The SMILES string of the molecule is O=C(O)C(=O)C1CCc2cc(OCc3ccccc3C(F)(F)F)ccc2C1. The number of fused-ring (bicyclic) bond motifs is 1. The fraction of sp³-hybridized carbons (Fsp3) is 0.300. The second-order valence-corrected chi connectivity index (χ2v) is 6.48. The summed E-state index contributed by atoms with van der Waals surface area (Å²) in [5.74, 6) is -2.31. The van der Waals surface area contributed by atoms with E-state index in [9.17, 15) is 22.8 Å². The zero-order chi connectivity index (χ0) is 19.6. The molecular formula is C20H17F3O4. The van der Waals surface area contributed by atoms with Crippen LogP contribution in [0.15, 0.2) is 42.5 Å². The molecule has 2 aromatic rings. The van der Waals surface area contributed by atoms with Gasteiger partial charge in [0.25, 0.3) is 0 Å². The summed E-state index contributed by atoms with van der Waals surface area (Å²) in [6.07, 6.45) is -3.15. The molecule has 0 fully saturated rings. The van der Waals surface area contributed by atoms with Crippen molar-refractivity contribution in [2.75, 3.05) is 0 Å². The molecule has 3 rings (SSSR count). The molecule has 0 saturated heterocycles. The van der Waals surface area contributed by atoms with Crippen molar-refractivity contribution in [3.05, 3.63) is 64.7 Å². The third kappa shape index (κ3) is 4.30. The highest BCUT2D eigenvalue weighted by Gasteiger charge is 2.33. The first-order valence-corrected chi connectivity index (χ1v) is 8.42. The summed E-state index contributed by atoms with van der Waals surface area (Å²) in [6.45, 7) is -0.214. The van der Waals surface area contributed by atoms with Crippen LogP contribution in [-0.2, 0) is 35.2 Å². The Labute approximate surface area is 153 Å². The Morgan fingerprint density at radius 2 is 1.85 bits per heavy atom. The van der Waals surface area contributed by atoms with E-state index < -0.39 is 29.4 Å². The smallest absolute Gasteiger partial charge is 0.416 e. The summed E-state index contributed by atoms with van der Waals surface area (Å²) >= 11 is 0. The van der Waals surface area contributed by atoms with Gasteiger partial charge in [0, 0.05) is 11.5 Å². The number of carbonyl (C=O) groups is 2. The lowest BCUT2D eigenvalue weighted by molar-refractivity contribution is -0.151. The predicted octanol–water partition coefficient (Wildman–Crippen LogP) is 4.04. The minimum atomic E-state index is -4.44. The van der Waals surface area contributed by atoms with Gasteiger partial charge in [-0.05, 0) is 48.6 Å². The van der Waals surface area contributed by atoms with Crippen LogP contribution in [0.1, 0.15) is 28.7 Å². The van der Waals surface area contributed by atoms with Crippen LogP contribution in [0.25, 0.3) is 0 Å². The first-order chi connectivity index (χ1) is 12.8. The molecule has 0 saturated carbocycles. The number of aliphatic carboxylic acids is 1. The molecule has 1 aliphatic carbocycles. The molecule has 0 aromatic heterocycles. The number of rotatable bonds is 5. The van der Waals surface area contributed by atoms with E-state index in [-0.39, 0.29) is 12.2 Å². The molecule has 0 spiro atoms. The van der Waals surface area contributed by atoms with Gasteiger partial charge < -0.3 is 9.84 Å². The topological polar surface area (TPSA) is 63.6 Å². The van der Waals surface area contributed by atoms with Crippen molar-refractivity contribution >= 4 is 11.8 Å². The zero-order valence-corrected chi connectivity index (χ0v) is 14.3. The number of ether oxygens (including phenoxy) is 1. The normalized spacial score (nSPS) is 16.5. The lowest BCUT2D eigenvalue weighted by Crippen LogP contribution is -2.28. The lowest BCUT2D eigenvalue weighted by Gasteiger charge is -2.23. The van der Waals surface area contributed by atoms with Gasteiger partial charge in [-0.1, -0.05) is 24.3 Å². The number of aryl methyl sites for hydroxylation is 1. The number of Topliss-reactive ketones (excluding diaryl/α,β-unsaturated/α-hetero) is 1. The second kappa shape index (κ2) is 7.42. The van der Waals surface area contributed by atoms with Crippen LogP contribution in [0.3, 0.4) is 0 Å². The van der Waals surface area contributed by atoms with Gasteiger partial charge >= 0.3 is 12.1 Å². The van der Waals surface area contributed by atoms with Gasteiger partial charge in [0.2, 0.25) is 5.78 Å². The Hall–Kier alpha value is -2.83. The average molecular weight is 378 g/mol. The molecule has 0 bridgehead atoms. The van der Waals surface area contributed by atoms with Crippen LogP contribution >= 0.6 is 0 Å². The van der Waals surface area contributed by atoms with Crippen molar-refractivity contribution in [1.29, 1.82) is 0 Å². The number of halogens is 3. The molecule has 1 aliphatic rings. The van der Waals surface area contributed by atoms with Crippen LogP contribution in [0.5, 0.6) is 5.75 Å². The highest BCUT2D eigenvalue weighted by atomic mass is 19.4. The molecule has 27 heavy (non-hydrogen) atoms.